The van der Waals surface area contributed by atoms with E-state index >= 15 is 0 Å². The lowest BCUT2D eigenvalue weighted by molar-refractivity contribution is 0.935. The van der Waals surface area contributed by atoms with E-state index in [4.69, 9.17) is 11.6 Å². The van der Waals surface area contributed by atoms with Gasteiger partial charge in [0.2, 0.25) is 0 Å². The smallest absolute Gasteiger partial charge is 0.148 e. The van der Waals surface area contributed by atoms with Crippen molar-refractivity contribution in [3.8, 4) is 0 Å². The van der Waals surface area contributed by atoms with Gasteiger partial charge in [-0.1, -0.05) is 11.6 Å². The first-order valence-corrected chi connectivity index (χ1v) is 7.01. The molecule has 2 rings (SSSR count). The highest BCUT2D eigenvalue weighted by atomic mass is 79.9. The van der Waals surface area contributed by atoms with Crippen LogP contribution in [0.15, 0.2) is 10.8 Å². The zero-order valence-electron chi connectivity index (χ0n) is 8.26. The van der Waals surface area contributed by atoms with E-state index in [0.717, 1.165) is 16.8 Å². The van der Waals surface area contributed by atoms with E-state index in [1.54, 1.807) is 0 Å². The molecule has 0 spiro atoms. The first kappa shape index (κ1) is 11.5. The Morgan fingerprint density at radius 1 is 1.60 bits per heavy atom. The van der Waals surface area contributed by atoms with Crippen LogP contribution < -0.4 is 5.32 Å². The molecule has 0 amide bonds. The molecular weight excluding hydrogens is 298 g/mol. The summed E-state index contributed by atoms with van der Waals surface area (Å²) in [4.78, 5) is 8.02. The van der Waals surface area contributed by atoms with Gasteiger partial charge < -0.3 is 5.32 Å². The van der Waals surface area contributed by atoms with E-state index in [1.807, 2.05) is 11.8 Å². The van der Waals surface area contributed by atoms with Crippen molar-refractivity contribution < 1.29 is 0 Å². The molecule has 0 aromatic carbocycles. The standard InChI is InChI=1S/C9H11BrClN3S/c1-15-9(2-3-9)4-12-8-6(10)7(11)13-5-14-8/h5H,2-4H2,1H3,(H,12,13,14). The van der Waals surface area contributed by atoms with E-state index in [0.29, 0.717) is 9.90 Å². The van der Waals surface area contributed by atoms with Crippen molar-refractivity contribution in [3.63, 3.8) is 0 Å². The molecule has 1 fully saturated rings. The number of rotatable bonds is 4. The van der Waals surface area contributed by atoms with Crippen molar-refractivity contribution in [2.24, 2.45) is 0 Å². The SMILES string of the molecule is CSC1(CNc2ncnc(Cl)c2Br)CC1. The molecular formula is C9H11BrClN3S. The van der Waals surface area contributed by atoms with Crippen molar-refractivity contribution in [1.29, 1.82) is 0 Å². The Balaban J connectivity index is 2.02. The second-order valence-corrected chi connectivity index (χ2v) is 5.99. The third-order valence-electron chi connectivity index (χ3n) is 2.57. The molecule has 82 valence electrons. The summed E-state index contributed by atoms with van der Waals surface area (Å²) in [5, 5.41) is 3.75. The quantitative estimate of drug-likeness (QED) is 0.867. The van der Waals surface area contributed by atoms with E-state index in [1.165, 1.54) is 19.2 Å². The number of thioether (sulfide) groups is 1. The van der Waals surface area contributed by atoms with Crippen molar-refractivity contribution in [2.75, 3.05) is 18.1 Å². The number of nitrogens with one attached hydrogen (secondary N) is 1. The molecule has 0 unspecified atom stereocenters. The van der Waals surface area contributed by atoms with Crippen LogP contribution in [-0.2, 0) is 0 Å². The first-order chi connectivity index (χ1) is 7.17. The maximum absolute atomic E-state index is 5.87. The number of anilines is 1. The van der Waals surface area contributed by atoms with Crippen LogP contribution in [0.2, 0.25) is 5.15 Å². The van der Waals surface area contributed by atoms with Gasteiger partial charge in [0.25, 0.3) is 0 Å². The fourth-order valence-electron chi connectivity index (χ4n) is 1.31. The molecule has 0 saturated heterocycles. The van der Waals surface area contributed by atoms with Crippen LogP contribution in [0.25, 0.3) is 0 Å². The predicted octanol–water partition coefficient (Wildman–Crippen LogP) is 3.20. The molecule has 6 heteroatoms. The summed E-state index contributed by atoms with van der Waals surface area (Å²) in [6.45, 7) is 0.931. The average molecular weight is 309 g/mol. The fraction of sp³-hybridized carbons (Fsp3) is 0.556. The van der Waals surface area contributed by atoms with Crippen LogP contribution >= 0.6 is 39.3 Å². The molecule has 15 heavy (non-hydrogen) atoms. The highest BCUT2D eigenvalue weighted by molar-refractivity contribution is 9.10. The molecule has 0 bridgehead atoms. The zero-order valence-corrected chi connectivity index (χ0v) is 11.4. The zero-order chi connectivity index (χ0) is 10.9. The molecule has 0 aliphatic heterocycles. The Hall–Kier alpha value is -0.0000000000000000555. The van der Waals surface area contributed by atoms with E-state index in [-0.39, 0.29) is 0 Å². The third kappa shape index (κ3) is 2.57. The van der Waals surface area contributed by atoms with Crippen LogP contribution in [0.4, 0.5) is 5.82 Å². The van der Waals surface area contributed by atoms with Crippen LogP contribution in [-0.4, -0.2) is 27.5 Å². The Bertz CT molecular complexity index is 370. The number of halogens is 2. The second-order valence-electron chi connectivity index (χ2n) is 3.57. The highest BCUT2D eigenvalue weighted by Crippen LogP contribution is 2.47. The van der Waals surface area contributed by atoms with Crippen molar-refractivity contribution in [2.45, 2.75) is 17.6 Å². The molecule has 1 heterocycles. The Labute approximate surface area is 107 Å². The first-order valence-electron chi connectivity index (χ1n) is 4.62. The number of aromatic nitrogens is 2. The lowest BCUT2D eigenvalue weighted by atomic mass is 10.4. The lowest BCUT2D eigenvalue weighted by Gasteiger charge is -2.14. The van der Waals surface area contributed by atoms with Gasteiger partial charge in [-0.2, -0.15) is 11.8 Å². The van der Waals surface area contributed by atoms with Crippen LogP contribution in [0.1, 0.15) is 12.8 Å². The molecule has 1 aliphatic rings. The lowest BCUT2D eigenvalue weighted by Crippen LogP contribution is -2.18. The molecule has 0 radical (unpaired) electrons. The number of hydrogen-bond acceptors (Lipinski definition) is 4. The normalized spacial score (nSPS) is 17.5. The van der Waals surface area contributed by atoms with Crippen LogP contribution in [0, 0.1) is 0 Å². The van der Waals surface area contributed by atoms with Gasteiger partial charge in [0.05, 0.1) is 4.47 Å². The average Bonchev–Trinajstić information content (AvgIpc) is 3.01. The molecule has 1 aromatic heterocycles. The molecule has 1 saturated carbocycles. The van der Waals surface area contributed by atoms with E-state index < -0.39 is 0 Å². The monoisotopic (exact) mass is 307 g/mol. The van der Waals surface area contributed by atoms with Gasteiger partial charge in [0.1, 0.15) is 17.3 Å². The minimum atomic E-state index is 0.414. The van der Waals surface area contributed by atoms with Gasteiger partial charge in [-0.05, 0) is 35.0 Å². The fourth-order valence-corrected chi connectivity index (χ4v) is 2.51. The summed E-state index contributed by atoms with van der Waals surface area (Å²) in [7, 11) is 0. The second kappa shape index (κ2) is 4.47. The minimum absolute atomic E-state index is 0.414. The van der Waals surface area contributed by atoms with Crippen LogP contribution in [0.5, 0.6) is 0 Å². The summed E-state index contributed by atoms with van der Waals surface area (Å²) < 4.78 is 1.15. The van der Waals surface area contributed by atoms with Crippen molar-refractivity contribution in [3.05, 3.63) is 16.0 Å². The Morgan fingerprint density at radius 2 is 2.33 bits per heavy atom. The molecule has 0 atom stereocenters. The van der Waals surface area contributed by atoms with Gasteiger partial charge in [-0.15, -0.1) is 0 Å². The maximum Gasteiger partial charge on any atom is 0.148 e. The maximum atomic E-state index is 5.87. The summed E-state index contributed by atoms with van der Waals surface area (Å²) in [6, 6.07) is 0. The molecule has 3 nitrogen and oxygen atoms in total. The largest absolute Gasteiger partial charge is 0.368 e. The number of hydrogen-bond donors (Lipinski definition) is 1. The number of nitrogens with zero attached hydrogens (tertiary/aromatic N) is 2. The summed E-state index contributed by atoms with van der Waals surface area (Å²) in [6.07, 6.45) is 6.17. The van der Waals surface area contributed by atoms with Crippen LogP contribution in [0.3, 0.4) is 0 Å². The summed E-state index contributed by atoms with van der Waals surface area (Å²) in [5.74, 6) is 0.773. The van der Waals surface area contributed by atoms with Gasteiger partial charge in [-0.3, -0.25) is 0 Å². The Kier molecular flexibility index (Phi) is 3.42. The topological polar surface area (TPSA) is 37.8 Å². The van der Waals surface area contributed by atoms with E-state index in [9.17, 15) is 0 Å². The molecule has 1 N–H and O–H groups in total. The third-order valence-corrected chi connectivity index (χ3v) is 5.25. The van der Waals surface area contributed by atoms with Crippen molar-refractivity contribution in [1.82, 2.24) is 9.97 Å². The van der Waals surface area contributed by atoms with E-state index in [2.05, 4.69) is 37.5 Å². The van der Waals surface area contributed by atoms with Crippen molar-refractivity contribution >= 4 is 45.1 Å². The summed E-state index contributed by atoms with van der Waals surface area (Å²) in [5.41, 5.74) is 0. The molecule has 1 aromatic rings. The van der Waals surface area contributed by atoms with Gasteiger partial charge >= 0.3 is 0 Å². The Morgan fingerprint density at radius 3 is 2.93 bits per heavy atom. The highest BCUT2D eigenvalue weighted by Gasteiger charge is 2.41. The minimum Gasteiger partial charge on any atom is -0.368 e. The summed E-state index contributed by atoms with van der Waals surface area (Å²) >= 11 is 11.1. The predicted molar refractivity (Wildman–Crippen MR) is 68.7 cm³/mol. The van der Waals surface area contributed by atoms with Gasteiger partial charge in [0, 0.05) is 11.3 Å². The molecule has 1 aliphatic carbocycles. The van der Waals surface area contributed by atoms with Gasteiger partial charge in [0.15, 0.2) is 0 Å². The van der Waals surface area contributed by atoms with Gasteiger partial charge in [-0.25, -0.2) is 9.97 Å².